The Bertz CT molecular complexity index is 915. The van der Waals surface area contributed by atoms with E-state index in [2.05, 4.69) is 16.6 Å². The lowest BCUT2D eigenvalue weighted by atomic mass is 9.96. The van der Waals surface area contributed by atoms with E-state index >= 15 is 0 Å². The molecule has 1 aromatic carbocycles. The molecule has 2 unspecified atom stereocenters. The first-order valence-corrected chi connectivity index (χ1v) is 12.9. The van der Waals surface area contributed by atoms with E-state index < -0.39 is 41.1 Å². The van der Waals surface area contributed by atoms with Crippen LogP contribution in [-0.2, 0) is 14.3 Å². The van der Waals surface area contributed by atoms with Crippen molar-refractivity contribution in [3.8, 4) is 12.3 Å². The summed E-state index contributed by atoms with van der Waals surface area (Å²) in [5.41, 5.74) is -0.415. The Hall–Kier alpha value is -2.70. The lowest BCUT2D eigenvalue weighted by Crippen LogP contribution is -2.55. The molecule has 0 bridgehead atoms. The molecule has 194 valence electrons. The average Bonchev–Trinajstić information content (AvgIpc) is 2.73. The number of nitrogens with one attached hydrogen (secondary N) is 2. The topological polar surface area (TPSA) is 108 Å². The molecular formula is C26H39N3O5S. The van der Waals surface area contributed by atoms with Crippen molar-refractivity contribution < 1.29 is 24.2 Å². The summed E-state index contributed by atoms with van der Waals surface area (Å²) in [7, 11) is 0. The number of terminal acetylenes is 1. The fourth-order valence-corrected chi connectivity index (χ4v) is 3.84. The zero-order valence-corrected chi connectivity index (χ0v) is 22.6. The molecule has 2 atom stereocenters. The van der Waals surface area contributed by atoms with Crippen LogP contribution >= 0.6 is 11.8 Å². The van der Waals surface area contributed by atoms with Crippen LogP contribution in [0.25, 0.3) is 0 Å². The number of alkyl carbamates (subject to hydrolysis) is 1. The summed E-state index contributed by atoms with van der Waals surface area (Å²) >= 11 is 1.52. The molecular weight excluding hydrogens is 466 g/mol. The van der Waals surface area contributed by atoms with Crippen LogP contribution in [-0.4, -0.2) is 70.3 Å². The molecule has 1 rings (SSSR count). The molecule has 0 spiro atoms. The van der Waals surface area contributed by atoms with Crippen molar-refractivity contribution in [2.75, 3.05) is 25.2 Å². The van der Waals surface area contributed by atoms with Crippen LogP contribution in [0.4, 0.5) is 4.79 Å². The highest BCUT2D eigenvalue weighted by Gasteiger charge is 2.37. The second kappa shape index (κ2) is 13.4. The zero-order chi connectivity index (χ0) is 26.8. The van der Waals surface area contributed by atoms with Crippen LogP contribution in [0, 0.1) is 12.3 Å². The van der Waals surface area contributed by atoms with Gasteiger partial charge in [-0.3, -0.25) is 9.59 Å². The van der Waals surface area contributed by atoms with Crippen LogP contribution in [0.2, 0.25) is 0 Å². The Morgan fingerprint density at radius 1 is 1.17 bits per heavy atom. The van der Waals surface area contributed by atoms with E-state index in [-0.39, 0.29) is 13.2 Å². The molecule has 35 heavy (non-hydrogen) atoms. The third kappa shape index (κ3) is 10.2. The molecule has 0 aliphatic heterocycles. The number of thioether (sulfide) groups is 1. The number of carbonyl (C=O) groups excluding carboxylic acids is 3. The van der Waals surface area contributed by atoms with E-state index in [9.17, 15) is 19.5 Å². The predicted molar refractivity (Wildman–Crippen MR) is 140 cm³/mol. The summed E-state index contributed by atoms with van der Waals surface area (Å²) in [4.78, 5) is 41.1. The summed E-state index contributed by atoms with van der Waals surface area (Å²) in [6.45, 7) is 10.2. The first-order valence-electron chi connectivity index (χ1n) is 11.5. The van der Waals surface area contributed by atoms with E-state index in [1.807, 2.05) is 27.0 Å². The maximum atomic E-state index is 13.8. The van der Waals surface area contributed by atoms with E-state index in [4.69, 9.17) is 11.2 Å². The van der Waals surface area contributed by atoms with Crippen molar-refractivity contribution in [1.82, 2.24) is 15.5 Å². The van der Waals surface area contributed by atoms with Gasteiger partial charge in [0.05, 0.1) is 6.61 Å². The SMILES string of the molecule is C#Cc1ccccc1C(C(=O)NC(C)(C)C)N(CCO)C(=O)C(CCSC)NC(=O)OC(C)(C)C. The maximum absolute atomic E-state index is 13.8. The van der Waals surface area contributed by atoms with Crippen LogP contribution in [0.1, 0.15) is 65.1 Å². The van der Waals surface area contributed by atoms with Gasteiger partial charge >= 0.3 is 6.09 Å². The standard InChI is InChI=1S/C26H39N3O5S/c1-9-18-12-10-11-13-19(18)21(22(31)28-25(2,3)4)29(15-16-30)23(32)20(14-17-35-8)27-24(33)34-26(5,6)7/h1,10-13,20-21,30H,14-17H2,2-8H3,(H,27,33)(H,28,31). The van der Waals surface area contributed by atoms with Gasteiger partial charge < -0.3 is 25.4 Å². The van der Waals surface area contributed by atoms with Gasteiger partial charge in [0.1, 0.15) is 17.7 Å². The van der Waals surface area contributed by atoms with Gasteiger partial charge in [0, 0.05) is 17.6 Å². The van der Waals surface area contributed by atoms with Crippen LogP contribution in [0.15, 0.2) is 24.3 Å². The highest BCUT2D eigenvalue weighted by Crippen LogP contribution is 2.27. The van der Waals surface area contributed by atoms with Gasteiger partial charge in [-0.05, 0) is 71.6 Å². The molecule has 0 saturated carbocycles. The summed E-state index contributed by atoms with van der Waals surface area (Å²) in [5, 5.41) is 15.4. The van der Waals surface area contributed by atoms with Gasteiger partial charge in [0.25, 0.3) is 0 Å². The van der Waals surface area contributed by atoms with Crippen molar-refractivity contribution in [3.05, 3.63) is 35.4 Å². The molecule has 9 heteroatoms. The van der Waals surface area contributed by atoms with Gasteiger partial charge in [-0.15, -0.1) is 6.42 Å². The van der Waals surface area contributed by atoms with E-state index in [0.29, 0.717) is 23.3 Å². The molecule has 0 heterocycles. The quantitative estimate of drug-likeness (QED) is 0.422. The molecule has 0 aromatic heterocycles. The van der Waals surface area contributed by atoms with Crippen molar-refractivity contribution in [2.24, 2.45) is 0 Å². The fourth-order valence-electron chi connectivity index (χ4n) is 3.37. The number of carbonyl (C=O) groups is 3. The third-order valence-electron chi connectivity index (χ3n) is 4.69. The van der Waals surface area contributed by atoms with Crippen molar-refractivity contribution in [1.29, 1.82) is 0 Å². The average molecular weight is 506 g/mol. The number of amides is 3. The Labute approximate surface area is 213 Å². The number of hydrogen-bond donors (Lipinski definition) is 3. The Morgan fingerprint density at radius 2 is 1.80 bits per heavy atom. The number of rotatable bonds is 10. The van der Waals surface area contributed by atoms with Gasteiger partial charge in [0.2, 0.25) is 11.8 Å². The highest BCUT2D eigenvalue weighted by molar-refractivity contribution is 7.98. The number of aliphatic hydroxyl groups excluding tert-OH is 1. The van der Waals surface area contributed by atoms with E-state index in [0.717, 1.165) is 0 Å². The Kier molecular flexibility index (Phi) is 11.6. The number of aliphatic hydroxyl groups is 1. The lowest BCUT2D eigenvalue weighted by molar-refractivity contribution is -0.143. The first-order chi connectivity index (χ1) is 16.2. The molecule has 0 saturated heterocycles. The van der Waals surface area contributed by atoms with Crippen molar-refractivity contribution >= 4 is 29.7 Å². The minimum atomic E-state index is -1.11. The normalized spacial score (nSPS) is 13.2. The Balaban J connectivity index is 3.52. The molecule has 0 fully saturated rings. The van der Waals surface area contributed by atoms with Gasteiger partial charge in [-0.2, -0.15) is 11.8 Å². The molecule has 8 nitrogen and oxygen atoms in total. The van der Waals surface area contributed by atoms with E-state index in [1.165, 1.54) is 16.7 Å². The summed E-state index contributed by atoms with van der Waals surface area (Å²) in [5.74, 6) is 2.20. The lowest BCUT2D eigenvalue weighted by Gasteiger charge is -2.36. The largest absolute Gasteiger partial charge is 0.444 e. The summed E-state index contributed by atoms with van der Waals surface area (Å²) < 4.78 is 5.35. The van der Waals surface area contributed by atoms with Crippen molar-refractivity contribution in [3.63, 3.8) is 0 Å². The molecule has 0 radical (unpaired) electrons. The summed E-state index contributed by atoms with van der Waals surface area (Å²) in [6, 6.07) is 4.79. The second-order valence-corrected chi connectivity index (χ2v) is 11.1. The minimum Gasteiger partial charge on any atom is -0.444 e. The van der Waals surface area contributed by atoms with Crippen LogP contribution in [0.3, 0.4) is 0 Å². The van der Waals surface area contributed by atoms with Gasteiger partial charge in [0.15, 0.2) is 0 Å². The molecule has 0 aliphatic carbocycles. The molecule has 3 amide bonds. The number of ether oxygens (including phenoxy) is 1. The second-order valence-electron chi connectivity index (χ2n) is 10.1. The van der Waals surface area contributed by atoms with Crippen LogP contribution < -0.4 is 10.6 Å². The molecule has 3 N–H and O–H groups in total. The third-order valence-corrected chi connectivity index (χ3v) is 5.34. The van der Waals surface area contributed by atoms with Crippen LogP contribution in [0.5, 0.6) is 0 Å². The number of hydrogen-bond acceptors (Lipinski definition) is 6. The molecule has 0 aliphatic rings. The summed E-state index contributed by atoms with van der Waals surface area (Å²) in [6.07, 6.45) is 7.17. The van der Waals surface area contributed by atoms with Crippen molar-refractivity contribution in [2.45, 2.75) is 71.2 Å². The maximum Gasteiger partial charge on any atom is 0.408 e. The zero-order valence-electron chi connectivity index (χ0n) is 21.8. The Morgan fingerprint density at radius 3 is 2.31 bits per heavy atom. The predicted octanol–water partition coefficient (Wildman–Crippen LogP) is 3.09. The number of nitrogens with zero attached hydrogens (tertiary/aromatic N) is 1. The molecule has 1 aromatic rings. The smallest absolute Gasteiger partial charge is 0.408 e. The minimum absolute atomic E-state index is 0.133. The monoisotopic (exact) mass is 505 g/mol. The highest BCUT2D eigenvalue weighted by atomic mass is 32.2. The van der Waals surface area contributed by atoms with Gasteiger partial charge in [-0.25, -0.2) is 4.79 Å². The van der Waals surface area contributed by atoms with Gasteiger partial charge in [-0.1, -0.05) is 24.1 Å². The fraction of sp³-hybridized carbons (Fsp3) is 0.577. The van der Waals surface area contributed by atoms with E-state index in [1.54, 1.807) is 45.0 Å². The number of benzene rings is 1. The first kappa shape index (κ1) is 30.3.